The number of nitrogens with zero attached hydrogens (tertiary/aromatic N) is 4. The number of hydrogen-bond donors (Lipinski definition) is 3. The van der Waals surface area contributed by atoms with E-state index in [-0.39, 0.29) is 0 Å². The van der Waals surface area contributed by atoms with Crippen molar-refractivity contribution >= 4 is 22.6 Å². The van der Waals surface area contributed by atoms with Crippen LogP contribution in [0.15, 0.2) is 60.5 Å². The summed E-state index contributed by atoms with van der Waals surface area (Å²) in [5.74, 6) is 2.01. The van der Waals surface area contributed by atoms with Gasteiger partial charge in [-0.2, -0.15) is 0 Å². The van der Waals surface area contributed by atoms with Crippen LogP contribution in [-0.4, -0.2) is 64.7 Å². The minimum atomic E-state index is -2.36. The maximum Gasteiger partial charge on any atom is 0.110 e. The van der Waals surface area contributed by atoms with E-state index in [2.05, 4.69) is 70.6 Å². The van der Waals surface area contributed by atoms with Crippen LogP contribution >= 0.6 is 11.3 Å². The predicted molar refractivity (Wildman–Crippen MR) is 149 cm³/mol. The van der Waals surface area contributed by atoms with Crippen molar-refractivity contribution in [1.82, 2.24) is 29.7 Å². The summed E-state index contributed by atoms with van der Waals surface area (Å²) in [4.78, 5) is 22.2. The topological polar surface area (TPSA) is 130 Å². The van der Waals surface area contributed by atoms with Crippen molar-refractivity contribution < 1.29 is 8.76 Å². The average molecular weight is 553 g/mol. The highest BCUT2D eigenvalue weighted by Gasteiger charge is 2.43. The smallest absolute Gasteiger partial charge is 0.110 e. The lowest BCUT2D eigenvalue weighted by molar-refractivity contribution is 0.235. The molecule has 2 aliphatic rings. The average Bonchev–Trinajstić information content (AvgIpc) is 3.70. The summed E-state index contributed by atoms with van der Waals surface area (Å²) in [6.45, 7) is 7.05. The Hall–Kier alpha value is -2.67. The molecule has 0 aliphatic carbocycles. The Balaban J connectivity index is 0.000000689. The zero-order chi connectivity index (χ0) is 26.4. The van der Waals surface area contributed by atoms with Gasteiger partial charge in [0.15, 0.2) is 0 Å². The highest BCUT2D eigenvalue weighted by atomic mass is 32.2. The summed E-state index contributed by atoms with van der Waals surface area (Å²) in [6.07, 6.45) is 11.7. The molecule has 4 N–H and O–H groups in total. The van der Waals surface area contributed by atoms with Gasteiger partial charge in [-0.1, -0.05) is 24.3 Å². The Morgan fingerprint density at radius 2 is 1.61 bits per heavy atom. The van der Waals surface area contributed by atoms with Crippen molar-refractivity contribution in [3.05, 3.63) is 93.7 Å². The molecule has 202 valence electrons. The molecule has 4 aromatic rings. The van der Waals surface area contributed by atoms with Crippen LogP contribution in [0.5, 0.6) is 0 Å². The number of H-pyrrole nitrogens is 2. The minimum Gasteiger partial charge on any atom is -0.760 e. The molecular formula is C27H34N7O2S2-. The fraction of sp³-hybridized carbons (Fsp3) is 0.407. The quantitative estimate of drug-likeness (QED) is 0.288. The Labute approximate surface area is 229 Å². The van der Waals surface area contributed by atoms with Gasteiger partial charge >= 0.3 is 0 Å². The summed E-state index contributed by atoms with van der Waals surface area (Å²) in [6, 6.07) is 11.4. The van der Waals surface area contributed by atoms with Crippen molar-refractivity contribution in [1.29, 1.82) is 0 Å². The van der Waals surface area contributed by atoms with Gasteiger partial charge in [0.05, 0.1) is 0 Å². The molecule has 11 heteroatoms. The number of nitrogens with two attached hydrogens (primary N) is 1. The lowest BCUT2D eigenvalue weighted by atomic mass is 9.86. The van der Waals surface area contributed by atoms with E-state index in [0.717, 1.165) is 37.6 Å². The molecule has 2 atom stereocenters. The van der Waals surface area contributed by atoms with E-state index in [0.29, 0.717) is 5.41 Å². The van der Waals surface area contributed by atoms with Crippen molar-refractivity contribution in [2.75, 3.05) is 26.2 Å². The van der Waals surface area contributed by atoms with E-state index in [9.17, 15) is 0 Å². The van der Waals surface area contributed by atoms with Crippen LogP contribution in [0.25, 0.3) is 0 Å². The van der Waals surface area contributed by atoms with Gasteiger partial charge in [0.1, 0.15) is 11.6 Å². The molecule has 1 spiro atoms. The molecule has 3 aromatic heterocycles. The molecule has 2 aliphatic heterocycles. The summed E-state index contributed by atoms with van der Waals surface area (Å²) in [7, 11) is 0. The third-order valence-electron chi connectivity index (χ3n) is 7.50. The van der Waals surface area contributed by atoms with Crippen molar-refractivity contribution in [2.24, 2.45) is 10.6 Å². The van der Waals surface area contributed by atoms with Gasteiger partial charge in [-0.15, -0.1) is 11.3 Å². The van der Waals surface area contributed by atoms with Crippen LogP contribution in [0, 0.1) is 5.41 Å². The van der Waals surface area contributed by atoms with Crippen LogP contribution in [0.2, 0.25) is 0 Å². The molecule has 5 heterocycles. The Kier molecular flexibility index (Phi) is 8.82. The van der Waals surface area contributed by atoms with E-state index in [4.69, 9.17) is 8.76 Å². The second-order valence-electron chi connectivity index (χ2n) is 10.3. The predicted octanol–water partition coefficient (Wildman–Crippen LogP) is 3.21. The molecule has 6 rings (SSSR count). The van der Waals surface area contributed by atoms with Crippen LogP contribution in [0.4, 0.5) is 0 Å². The minimum absolute atomic E-state index is 0.480. The van der Waals surface area contributed by atoms with Crippen molar-refractivity contribution in [3.8, 4) is 0 Å². The van der Waals surface area contributed by atoms with E-state index < -0.39 is 11.3 Å². The van der Waals surface area contributed by atoms with E-state index in [1.165, 1.54) is 60.6 Å². The number of aromatic amines is 2. The fourth-order valence-corrected chi connectivity index (χ4v) is 6.55. The van der Waals surface area contributed by atoms with Crippen molar-refractivity contribution in [3.63, 3.8) is 0 Å². The number of aromatic nitrogens is 4. The third kappa shape index (κ3) is 7.25. The SMILES string of the molecule is NS(=O)[O-].c1csc(CN2CCC3(CCN(Cc4ccc(Cc5ncc[nH]5)c(Cc5ncc[nH]5)c4)C3)C2)c1. The molecule has 2 saturated heterocycles. The number of thiophene rings is 1. The maximum absolute atomic E-state index is 8.78. The molecule has 38 heavy (non-hydrogen) atoms. The first-order chi connectivity index (χ1) is 18.5. The normalized spacial score (nSPS) is 20.6. The Morgan fingerprint density at radius 1 is 0.974 bits per heavy atom. The number of likely N-dealkylation sites (tertiary alicyclic amines) is 2. The highest BCUT2D eigenvalue weighted by molar-refractivity contribution is 7.76. The molecule has 0 bridgehead atoms. The Morgan fingerprint density at radius 3 is 2.18 bits per heavy atom. The van der Waals surface area contributed by atoms with Crippen LogP contribution in [0.3, 0.4) is 0 Å². The molecule has 2 fully saturated rings. The summed E-state index contributed by atoms with van der Waals surface area (Å²) >= 11 is -0.478. The second-order valence-corrected chi connectivity index (χ2v) is 11.8. The summed E-state index contributed by atoms with van der Waals surface area (Å²) < 4.78 is 17.6. The van der Waals surface area contributed by atoms with Crippen LogP contribution in [0.1, 0.15) is 46.1 Å². The van der Waals surface area contributed by atoms with Gasteiger partial charge in [0, 0.05) is 80.0 Å². The monoisotopic (exact) mass is 552 g/mol. The first-order valence-electron chi connectivity index (χ1n) is 12.8. The molecule has 1 aromatic carbocycles. The summed E-state index contributed by atoms with van der Waals surface area (Å²) in [5.41, 5.74) is 4.53. The number of benzene rings is 1. The van der Waals surface area contributed by atoms with E-state index in [1.807, 2.05) is 36.1 Å². The summed E-state index contributed by atoms with van der Waals surface area (Å²) in [5, 5.41) is 6.22. The van der Waals surface area contributed by atoms with Gasteiger partial charge < -0.3 is 14.5 Å². The second kappa shape index (κ2) is 12.5. The number of imidazole rings is 2. The Bertz CT molecular complexity index is 1290. The zero-order valence-corrected chi connectivity index (χ0v) is 23.0. The lowest BCUT2D eigenvalue weighted by Gasteiger charge is -2.25. The lowest BCUT2D eigenvalue weighted by Crippen LogP contribution is -2.30. The molecule has 0 amide bonds. The molecule has 0 radical (unpaired) electrons. The number of rotatable bonds is 8. The van der Waals surface area contributed by atoms with Gasteiger partial charge in [-0.05, 0) is 59.5 Å². The van der Waals surface area contributed by atoms with Gasteiger partial charge in [0.25, 0.3) is 0 Å². The first-order valence-corrected chi connectivity index (χ1v) is 14.9. The first kappa shape index (κ1) is 26.9. The third-order valence-corrected chi connectivity index (χ3v) is 8.36. The molecular weight excluding hydrogens is 518 g/mol. The van der Waals surface area contributed by atoms with Crippen LogP contribution < -0.4 is 5.14 Å². The number of hydrogen-bond acceptors (Lipinski definition) is 7. The number of nitrogens with one attached hydrogen (secondary N) is 2. The fourth-order valence-electron chi connectivity index (χ4n) is 5.80. The van der Waals surface area contributed by atoms with Crippen LogP contribution in [-0.2, 0) is 37.2 Å². The van der Waals surface area contributed by atoms with Gasteiger partial charge in [-0.3, -0.25) is 19.1 Å². The molecule has 9 nitrogen and oxygen atoms in total. The van der Waals surface area contributed by atoms with E-state index >= 15 is 0 Å². The molecule has 0 saturated carbocycles. The molecule has 2 unspecified atom stereocenters. The van der Waals surface area contributed by atoms with Crippen molar-refractivity contribution in [2.45, 2.75) is 38.8 Å². The zero-order valence-electron chi connectivity index (χ0n) is 21.3. The van der Waals surface area contributed by atoms with E-state index in [1.54, 1.807) is 0 Å². The van der Waals surface area contributed by atoms with Gasteiger partial charge in [0.2, 0.25) is 0 Å². The largest absolute Gasteiger partial charge is 0.760 e. The highest BCUT2D eigenvalue weighted by Crippen LogP contribution is 2.40. The standard InChI is InChI=1S/C27H32N6S.H3NO2S/c1-2-24(34-13-1)18-33-12-6-27(20-33)5-11-32(19-27)17-21-3-4-22(15-25-28-7-8-29-25)23(14-21)16-26-30-9-10-31-26;1-4(2)3/h1-4,7-10,13-14H,5-6,11-12,15-20H2,(H,28,29)(H,30,31);1H2,(H,2,3)/p-1. The van der Waals surface area contributed by atoms with Gasteiger partial charge in [-0.25, -0.2) is 9.97 Å². The maximum atomic E-state index is 8.78.